The lowest BCUT2D eigenvalue weighted by Gasteiger charge is -2.15. The maximum Gasteiger partial charge on any atom is 0.243 e. The summed E-state index contributed by atoms with van der Waals surface area (Å²) in [5, 5.41) is 0. The summed E-state index contributed by atoms with van der Waals surface area (Å²) in [5.41, 5.74) is 6.60. The molecule has 5 nitrogen and oxygen atoms in total. The molecule has 0 amide bonds. The third kappa shape index (κ3) is 2.80. The number of nitrogens with one attached hydrogen (secondary N) is 1. The van der Waals surface area contributed by atoms with Crippen molar-refractivity contribution < 1.29 is 12.8 Å². The van der Waals surface area contributed by atoms with E-state index in [1.54, 1.807) is 44.2 Å². The molecule has 0 spiro atoms. The Bertz CT molecular complexity index is 643. The first-order valence-electron chi connectivity index (χ1n) is 5.82. The van der Waals surface area contributed by atoms with Gasteiger partial charge in [0.1, 0.15) is 10.7 Å². The van der Waals surface area contributed by atoms with Crippen molar-refractivity contribution in [3.8, 4) is 0 Å². The Kier molecular flexibility index (Phi) is 3.64. The van der Waals surface area contributed by atoms with E-state index in [1.807, 2.05) is 0 Å². The van der Waals surface area contributed by atoms with Crippen LogP contribution in [0.15, 0.2) is 45.9 Å². The molecule has 0 aliphatic heterocycles. The average molecular weight is 280 g/mol. The number of aryl methyl sites for hydroxylation is 1. The van der Waals surface area contributed by atoms with Crippen molar-refractivity contribution >= 4 is 15.7 Å². The Hall–Kier alpha value is -1.79. The molecular formula is C13H16N2O3S. The summed E-state index contributed by atoms with van der Waals surface area (Å²) in [4.78, 5) is 0.119. The third-order valence-corrected chi connectivity index (χ3v) is 4.57. The fourth-order valence-electron chi connectivity index (χ4n) is 1.93. The van der Waals surface area contributed by atoms with E-state index in [9.17, 15) is 8.42 Å². The van der Waals surface area contributed by atoms with E-state index >= 15 is 0 Å². The van der Waals surface area contributed by atoms with Crippen molar-refractivity contribution in [3.63, 3.8) is 0 Å². The van der Waals surface area contributed by atoms with Crippen molar-refractivity contribution in [2.45, 2.75) is 24.8 Å². The smallest absolute Gasteiger partial charge is 0.243 e. The minimum atomic E-state index is -3.68. The Labute approximate surface area is 112 Å². The molecule has 0 fully saturated rings. The number of furan rings is 1. The molecule has 1 heterocycles. The normalized spacial score (nSPS) is 13.4. The Balaban J connectivity index is 2.33. The van der Waals surface area contributed by atoms with Crippen LogP contribution in [-0.4, -0.2) is 8.42 Å². The fraction of sp³-hybridized carbons (Fsp3) is 0.231. The minimum Gasteiger partial charge on any atom is -0.468 e. The van der Waals surface area contributed by atoms with Crippen LogP contribution in [-0.2, 0) is 10.0 Å². The van der Waals surface area contributed by atoms with Crippen LogP contribution in [0.25, 0.3) is 0 Å². The van der Waals surface area contributed by atoms with Crippen molar-refractivity contribution in [2.24, 2.45) is 0 Å². The Morgan fingerprint density at radius 2 is 2.00 bits per heavy atom. The number of sulfonamides is 1. The van der Waals surface area contributed by atoms with Gasteiger partial charge in [0.05, 0.1) is 18.0 Å². The number of benzene rings is 1. The van der Waals surface area contributed by atoms with Crippen LogP contribution in [0.5, 0.6) is 0 Å². The quantitative estimate of drug-likeness (QED) is 0.841. The second-order valence-corrected chi connectivity index (χ2v) is 6.00. The highest BCUT2D eigenvalue weighted by Crippen LogP contribution is 2.24. The molecule has 2 rings (SSSR count). The molecule has 0 bridgehead atoms. The van der Waals surface area contributed by atoms with Gasteiger partial charge in [-0.3, -0.25) is 0 Å². The topological polar surface area (TPSA) is 85.3 Å². The number of nitrogen functional groups attached to an aromatic ring is 1. The average Bonchev–Trinajstić information content (AvgIpc) is 2.80. The van der Waals surface area contributed by atoms with Crippen LogP contribution in [0.4, 0.5) is 5.69 Å². The zero-order valence-corrected chi connectivity index (χ0v) is 11.6. The maximum atomic E-state index is 12.3. The SMILES string of the molecule is Cc1cccc(N)c1S(=O)(=O)NC(C)c1ccco1. The maximum absolute atomic E-state index is 12.3. The van der Waals surface area contributed by atoms with E-state index in [4.69, 9.17) is 10.2 Å². The Morgan fingerprint density at radius 1 is 1.26 bits per heavy atom. The van der Waals surface area contributed by atoms with Gasteiger partial charge in [0.2, 0.25) is 10.0 Å². The molecule has 0 radical (unpaired) electrons. The zero-order chi connectivity index (χ0) is 14.0. The zero-order valence-electron chi connectivity index (χ0n) is 10.8. The molecule has 0 saturated carbocycles. The van der Waals surface area contributed by atoms with Gasteiger partial charge < -0.3 is 10.2 Å². The molecule has 0 aliphatic rings. The summed E-state index contributed by atoms with van der Waals surface area (Å²) in [6.07, 6.45) is 1.50. The van der Waals surface area contributed by atoms with Crippen LogP contribution in [0, 0.1) is 6.92 Å². The third-order valence-electron chi connectivity index (χ3n) is 2.81. The summed E-state index contributed by atoms with van der Waals surface area (Å²) < 4.78 is 32.4. The molecule has 1 aromatic heterocycles. The number of nitrogens with two attached hydrogens (primary N) is 1. The summed E-state index contributed by atoms with van der Waals surface area (Å²) in [6, 6.07) is 7.97. The van der Waals surface area contributed by atoms with Crippen LogP contribution in [0.3, 0.4) is 0 Å². The standard InChI is InChI=1S/C13H16N2O3S/c1-9-5-3-6-11(14)13(9)19(16,17)15-10(2)12-7-4-8-18-12/h3-8,10,15H,14H2,1-2H3. The lowest BCUT2D eigenvalue weighted by Crippen LogP contribution is -2.28. The molecule has 0 aliphatic carbocycles. The molecule has 102 valence electrons. The fourth-order valence-corrected chi connectivity index (χ4v) is 3.50. The first-order chi connectivity index (χ1) is 8.92. The van der Waals surface area contributed by atoms with Gasteiger partial charge in [0.25, 0.3) is 0 Å². The van der Waals surface area contributed by atoms with Crippen molar-refractivity contribution in [3.05, 3.63) is 47.9 Å². The van der Waals surface area contributed by atoms with Gasteiger partial charge in [-0.05, 0) is 37.6 Å². The summed E-state index contributed by atoms with van der Waals surface area (Å²) in [5.74, 6) is 0.552. The predicted molar refractivity (Wildman–Crippen MR) is 73.0 cm³/mol. The molecule has 0 saturated heterocycles. The van der Waals surface area contributed by atoms with Crippen molar-refractivity contribution in [2.75, 3.05) is 5.73 Å². The number of rotatable bonds is 4. The van der Waals surface area contributed by atoms with Crippen molar-refractivity contribution in [1.82, 2.24) is 4.72 Å². The van der Waals surface area contributed by atoms with Gasteiger partial charge in [0.15, 0.2) is 0 Å². The van der Waals surface area contributed by atoms with E-state index in [0.29, 0.717) is 11.3 Å². The minimum absolute atomic E-state index is 0.119. The van der Waals surface area contributed by atoms with Gasteiger partial charge in [-0.15, -0.1) is 0 Å². The lowest BCUT2D eigenvalue weighted by atomic mass is 10.2. The molecule has 2 aromatic rings. The highest BCUT2D eigenvalue weighted by atomic mass is 32.2. The van der Waals surface area contributed by atoms with E-state index in [-0.39, 0.29) is 10.6 Å². The molecule has 3 N–H and O–H groups in total. The summed E-state index contributed by atoms with van der Waals surface area (Å²) in [7, 11) is -3.68. The predicted octanol–water partition coefficient (Wildman–Crippen LogP) is 2.21. The van der Waals surface area contributed by atoms with Crippen LogP contribution < -0.4 is 10.5 Å². The highest BCUT2D eigenvalue weighted by molar-refractivity contribution is 7.89. The molecule has 6 heteroatoms. The summed E-state index contributed by atoms with van der Waals surface area (Å²) >= 11 is 0. The van der Waals surface area contributed by atoms with Crippen LogP contribution in [0.2, 0.25) is 0 Å². The monoisotopic (exact) mass is 280 g/mol. The van der Waals surface area contributed by atoms with Crippen LogP contribution in [0.1, 0.15) is 24.3 Å². The molecule has 1 unspecified atom stereocenters. The number of anilines is 1. The van der Waals surface area contributed by atoms with E-state index in [2.05, 4.69) is 4.72 Å². The molecular weight excluding hydrogens is 264 g/mol. The van der Waals surface area contributed by atoms with Crippen LogP contribution >= 0.6 is 0 Å². The number of hydrogen-bond acceptors (Lipinski definition) is 4. The molecule has 1 aromatic carbocycles. The highest BCUT2D eigenvalue weighted by Gasteiger charge is 2.23. The second kappa shape index (κ2) is 5.07. The summed E-state index contributed by atoms with van der Waals surface area (Å²) in [6.45, 7) is 3.42. The first kappa shape index (κ1) is 13.6. The van der Waals surface area contributed by atoms with Gasteiger partial charge in [0, 0.05) is 0 Å². The van der Waals surface area contributed by atoms with E-state index in [1.165, 1.54) is 6.26 Å². The van der Waals surface area contributed by atoms with E-state index < -0.39 is 16.1 Å². The van der Waals surface area contributed by atoms with Crippen molar-refractivity contribution in [1.29, 1.82) is 0 Å². The van der Waals surface area contributed by atoms with Gasteiger partial charge in [-0.2, -0.15) is 0 Å². The molecule has 1 atom stereocenters. The first-order valence-corrected chi connectivity index (χ1v) is 7.31. The van der Waals surface area contributed by atoms with Gasteiger partial charge >= 0.3 is 0 Å². The largest absolute Gasteiger partial charge is 0.468 e. The number of hydrogen-bond donors (Lipinski definition) is 2. The second-order valence-electron chi connectivity index (χ2n) is 4.35. The van der Waals surface area contributed by atoms with Gasteiger partial charge in [-0.1, -0.05) is 12.1 Å². The van der Waals surface area contributed by atoms with E-state index in [0.717, 1.165) is 0 Å². The lowest BCUT2D eigenvalue weighted by molar-refractivity contribution is 0.459. The Morgan fingerprint density at radius 3 is 2.58 bits per heavy atom. The molecule has 19 heavy (non-hydrogen) atoms. The van der Waals surface area contributed by atoms with Gasteiger partial charge in [-0.25, -0.2) is 13.1 Å².